The maximum atomic E-state index is 12.0. The van der Waals surface area contributed by atoms with E-state index < -0.39 is 0 Å². The Morgan fingerprint density at radius 1 is 1.32 bits per heavy atom. The lowest BCUT2D eigenvalue weighted by Crippen LogP contribution is -2.58. The van der Waals surface area contributed by atoms with Gasteiger partial charge < -0.3 is 9.80 Å². The van der Waals surface area contributed by atoms with Crippen LogP contribution < -0.4 is 4.90 Å². The summed E-state index contributed by atoms with van der Waals surface area (Å²) in [6.07, 6.45) is 2.97. The standard InChI is InChI=1S/C15H21N3O/c1-12(2)14(19)17-8-6-15(9-17)10-18(11-15)13-5-3-4-7-16-13/h3-5,7,12H,6,8-11H2,1-2H3. The monoisotopic (exact) mass is 259 g/mol. The summed E-state index contributed by atoms with van der Waals surface area (Å²) in [5.41, 5.74) is 0.321. The molecule has 0 aliphatic carbocycles. The van der Waals surface area contributed by atoms with E-state index in [2.05, 4.69) is 16.0 Å². The molecule has 1 amide bonds. The Morgan fingerprint density at radius 3 is 2.74 bits per heavy atom. The molecule has 0 bridgehead atoms. The summed E-state index contributed by atoms with van der Waals surface area (Å²) >= 11 is 0. The van der Waals surface area contributed by atoms with Crippen LogP contribution in [0.15, 0.2) is 24.4 Å². The Hall–Kier alpha value is -1.58. The van der Waals surface area contributed by atoms with Gasteiger partial charge in [0, 0.05) is 43.7 Å². The van der Waals surface area contributed by atoms with Gasteiger partial charge >= 0.3 is 0 Å². The predicted octanol–water partition coefficient (Wildman–Crippen LogP) is 1.78. The van der Waals surface area contributed by atoms with Crippen LogP contribution in [-0.2, 0) is 4.79 Å². The molecule has 0 N–H and O–H groups in total. The lowest BCUT2D eigenvalue weighted by atomic mass is 9.79. The molecule has 0 atom stereocenters. The van der Waals surface area contributed by atoms with Crippen LogP contribution in [0, 0.1) is 11.3 Å². The van der Waals surface area contributed by atoms with Gasteiger partial charge in [0.25, 0.3) is 0 Å². The maximum Gasteiger partial charge on any atom is 0.225 e. The number of nitrogens with zero attached hydrogens (tertiary/aromatic N) is 3. The molecular weight excluding hydrogens is 238 g/mol. The van der Waals surface area contributed by atoms with Crippen LogP contribution in [0.5, 0.6) is 0 Å². The van der Waals surface area contributed by atoms with Crippen molar-refractivity contribution in [3.05, 3.63) is 24.4 Å². The zero-order valence-corrected chi connectivity index (χ0v) is 11.7. The molecule has 3 rings (SSSR count). The van der Waals surface area contributed by atoms with Crippen LogP contribution >= 0.6 is 0 Å². The van der Waals surface area contributed by atoms with Gasteiger partial charge in [-0.05, 0) is 18.6 Å². The maximum absolute atomic E-state index is 12.0. The van der Waals surface area contributed by atoms with E-state index in [-0.39, 0.29) is 5.92 Å². The summed E-state index contributed by atoms with van der Waals surface area (Å²) in [4.78, 5) is 20.8. The molecule has 1 aromatic rings. The van der Waals surface area contributed by atoms with Gasteiger partial charge in [-0.2, -0.15) is 0 Å². The molecule has 0 radical (unpaired) electrons. The van der Waals surface area contributed by atoms with Crippen LogP contribution in [0.3, 0.4) is 0 Å². The Morgan fingerprint density at radius 2 is 2.11 bits per heavy atom. The largest absolute Gasteiger partial charge is 0.355 e. The normalized spacial score (nSPS) is 21.0. The fraction of sp³-hybridized carbons (Fsp3) is 0.600. The number of anilines is 1. The molecule has 0 unspecified atom stereocenters. The predicted molar refractivity (Wildman–Crippen MR) is 74.9 cm³/mol. The van der Waals surface area contributed by atoms with Crippen LogP contribution in [0.4, 0.5) is 5.82 Å². The first-order valence-corrected chi connectivity index (χ1v) is 7.04. The first kappa shape index (κ1) is 12.5. The Labute approximate surface area is 114 Å². The number of hydrogen-bond acceptors (Lipinski definition) is 3. The summed E-state index contributed by atoms with van der Waals surface area (Å²) in [6, 6.07) is 6.02. The molecule has 4 nitrogen and oxygen atoms in total. The minimum absolute atomic E-state index is 0.113. The van der Waals surface area contributed by atoms with E-state index in [4.69, 9.17) is 0 Å². The molecule has 1 spiro atoms. The van der Waals surface area contributed by atoms with Gasteiger partial charge in [0.2, 0.25) is 5.91 Å². The molecule has 0 saturated carbocycles. The zero-order valence-electron chi connectivity index (χ0n) is 11.7. The van der Waals surface area contributed by atoms with E-state index in [1.54, 1.807) is 0 Å². The third kappa shape index (κ3) is 2.20. The highest BCUT2D eigenvalue weighted by molar-refractivity contribution is 5.78. The van der Waals surface area contributed by atoms with E-state index in [0.29, 0.717) is 11.3 Å². The third-order valence-electron chi connectivity index (χ3n) is 4.27. The number of carbonyl (C=O) groups excluding carboxylic acids is 1. The summed E-state index contributed by atoms with van der Waals surface area (Å²) < 4.78 is 0. The average molecular weight is 259 g/mol. The minimum atomic E-state index is 0.113. The van der Waals surface area contributed by atoms with E-state index in [1.165, 1.54) is 0 Å². The molecule has 2 aliphatic rings. The number of carbonyl (C=O) groups is 1. The second-order valence-electron chi connectivity index (χ2n) is 6.21. The molecule has 2 aliphatic heterocycles. The molecule has 0 aromatic carbocycles. The second kappa shape index (κ2) is 4.51. The highest BCUT2D eigenvalue weighted by atomic mass is 16.2. The van der Waals surface area contributed by atoms with E-state index in [9.17, 15) is 4.79 Å². The lowest BCUT2D eigenvalue weighted by molar-refractivity contribution is -0.133. The quantitative estimate of drug-likeness (QED) is 0.812. The molecular formula is C15H21N3O. The smallest absolute Gasteiger partial charge is 0.225 e. The number of rotatable bonds is 2. The van der Waals surface area contributed by atoms with Gasteiger partial charge in [0.15, 0.2) is 0 Å². The fourth-order valence-corrected chi connectivity index (χ4v) is 3.21. The fourth-order valence-electron chi connectivity index (χ4n) is 3.21. The van der Waals surface area contributed by atoms with Crippen molar-refractivity contribution in [2.45, 2.75) is 20.3 Å². The van der Waals surface area contributed by atoms with Crippen molar-refractivity contribution in [1.29, 1.82) is 0 Å². The molecule has 2 saturated heterocycles. The number of likely N-dealkylation sites (tertiary alicyclic amines) is 1. The third-order valence-corrected chi connectivity index (χ3v) is 4.27. The average Bonchev–Trinajstić information content (AvgIpc) is 2.82. The van der Waals surface area contributed by atoms with Crippen molar-refractivity contribution in [3.63, 3.8) is 0 Å². The van der Waals surface area contributed by atoms with Crippen LogP contribution in [-0.4, -0.2) is 42.0 Å². The van der Waals surface area contributed by atoms with Crippen molar-refractivity contribution in [2.24, 2.45) is 11.3 Å². The second-order valence-corrected chi connectivity index (χ2v) is 6.21. The van der Waals surface area contributed by atoms with Crippen molar-refractivity contribution in [3.8, 4) is 0 Å². The van der Waals surface area contributed by atoms with Gasteiger partial charge in [-0.25, -0.2) is 4.98 Å². The number of pyridine rings is 1. The first-order chi connectivity index (χ1) is 9.10. The highest BCUT2D eigenvalue weighted by Gasteiger charge is 2.49. The topological polar surface area (TPSA) is 36.4 Å². The highest BCUT2D eigenvalue weighted by Crippen LogP contribution is 2.41. The van der Waals surface area contributed by atoms with Crippen molar-refractivity contribution < 1.29 is 4.79 Å². The Balaban J connectivity index is 1.60. The molecule has 4 heteroatoms. The number of hydrogen-bond donors (Lipinski definition) is 0. The number of aromatic nitrogens is 1. The molecule has 1 aromatic heterocycles. The van der Waals surface area contributed by atoms with Gasteiger partial charge in [-0.15, -0.1) is 0 Å². The molecule has 2 fully saturated rings. The van der Waals surface area contributed by atoms with Gasteiger partial charge in [-0.3, -0.25) is 4.79 Å². The lowest BCUT2D eigenvalue weighted by Gasteiger charge is -2.48. The molecule has 102 valence electrons. The van der Waals surface area contributed by atoms with Gasteiger partial charge in [-0.1, -0.05) is 19.9 Å². The van der Waals surface area contributed by atoms with E-state index >= 15 is 0 Å². The van der Waals surface area contributed by atoms with Crippen LogP contribution in [0.25, 0.3) is 0 Å². The number of amides is 1. The summed E-state index contributed by atoms with van der Waals surface area (Å²) in [5, 5.41) is 0. The Bertz CT molecular complexity index is 466. The SMILES string of the molecule is CC(C)C(=O)N1CCC2(C1)CN(c1ccccn1)C2. The van der Waals surface area contributed by atoms with E-state index in [1.807, 2.05) is 37.1 Å². The molecule has 3 heterocycles. The summed E-state index contributed by atoms with van der Waals surface area (Å²) in [7, 11) is 0. The first-order valence-electron chi connectivity index (χ1n) is 7.04. The van der Waals surface area contributed by atoms with Crippen LogP contribution in [0.2, 0.25) is 0 Å². The van der Waals surface area contributed by atoms with E-state index in [0.717, 1.165) is 38.4 Å². The van der Waals surface area contributed by atoms with Gasteiger partial charge in [0.1, 0.15) is 5.82 Å². The van der Waals surface area contributed by atoms with Gasteiger partial charge in [0.05, 0.1) is 0 Å². The van der Waals surface area contributed by atoms with Crippen molar-refractivity contribution in [1.82, 2.24) is 9.88 Å². The Kier molecular flexibility index (Phi) is 2.96. The zero-order chi connectivity index (χ0) is 13.5. The minimum Gasteiger partial charge on any atom is -0.355 e. The van der Waals surface area contributed by atoms with Crippen molar-refractivity contribution >= 4 is 11.7 Å². The van der Waals surface area contributed by atoms with Crippen molar-refractivity contribution in [2.75, 3.05) is 31.1 Å². The molecule has 19 heavy (non-hydrogen) atoms. The van der Waals surface area contributed by atoms with Crippen LogP contribution in [0.1, 0.15) is 20.3 Å². The summed E-state index contributed by atoms with van der Waals surface area (Å²) in [6.45, 7) is 7.88. The summed E-state index contributed by atoms with van der Waals surface area (Å²) in [5.74, 6) is 1.47.